The van der Waals surface area contributed by atoms with E-state index in [0.717, 1.165) is 6.07 Å². The van der Waals surface area contributed by atoms with Crippen LogP contribution in [0.25, 0.3) is 0 Å². The Morgan fingerprint density at radius 2 is 1.75 bits per heavy atom. The molecule has 1 aromatic carbocycles. The van der Waals surface area contributed by atoms with Gasteiger partial charge < -0.3 is 24.3 Å². The molecule has 32 heavy (non-hydrogen) atoms. The number of hydrogen-bond donors (Lipinski definition) is 1. The molecule has 2 aliphatic rings. The zero-order valence-corrected chi connectivity index (χ0v) is 17.4. The molecular formula is C22H24F3N3O4. The van der Waals surface area contributed by atoms with Gasteiger partial charge in [-0.05, 0) is 37.1 Å². The summed E-state index contributed by atoms with van der Waals surface area (Å²) in [7, 11) is 0. The van der Waals surface area contributed by atoms with Gasteiger partial charge in [0.25, 0.3) is 5.91 Å². The summed E-state index contributed by atoms with van der Waals surface area (Å²) in [5, 5.41) is 2.47. The number of nitrogens with zero attached hydrogens (tertiary/aromatic N) is 2. The van der Waals surface area contributed by atoms with E-state index in [1.807, 2.05) is 4.90 Å². The molecule has 0 atom stereocenters. The highest BCUT2D eigenvalue weighted by molar-refractivity contribution is 5.95. The Morgan fingerprint density at radius 1 is 1.03 bits per heavy atom. The summed E-state index contributed by atoms with van der Waals surface area (Å²) >= 11 is 0. The molecule has 1 N–H and O–H groups in total. The summed E-state index contributed by atoms with van der Waals surface area (Å²) in [6.45, 7) is 2.65. The van der Waals surface area contributed by atoms with E-state index in [9.17, 15) is 22.8 Å². The Labute approximate surface area is 183 Å². The molecule has 0 saturated carbocycles. The van der Waals surface area contributed by atoms with Crippen molar-refractivity contribution >= 4 is 23.2 Å². The number of morpholine rings is 1. The van der Waals surface area contributed by atoms with Gasteiger partial charge in [0.15, 0.2) is 0 Å². The average molecular weight is 451 g/mol. The van der Waals surface area contributed by atoms with Crippen molar-refractivity contribution in [2.24, 2.45) is 5.92 Å². The van der Waals surface area contributed by atoms with E-state index in [1.165, 1.54) is 18.6 Å². The first-order chi connectivity index (χ1) is 15.3. The molecular weight excluding hydrogens is 427 g/mol. The number of ether oxygens (including phenoxy) is 1. The first kappa shape index (κ1) is 22.2. The van der Waals surface area contributed by atoms with Gasteiger partial charge in [-0.3, -0.25) is 9.59 Å². The highest BCUT2D eigenvalue weighted by atomic mass is 19.4. The van der Waals surface area contributed by atoms with Crippen LogP contribution in [0, 0.1) is 5.92 Å². The second-order valence-corrected chi connectivity index (χ2v) is 7.89. The molecule has 0 radical (unpaired) electrons. The van der Waals surface area contributed by atoms with Crippen LogP contribution in [0.15, 0.2) is 41.2 Å². The van der Waals surface area contributed by atoms with Gasteiger partial charge in [0, 0.05) is 37.8 Å². The van der Waals surface area contributed by atoms with E-state index in [4.69, 9.17) is 9.15 Å². The SMILES string of the molecule is O=C(Nc1ccc(N2CCOCC2)cc1C(F)(F)F)C1CCN(C(=O)c2ccoc2)CC1. The lowest BCUT2D eigenvalue weighted by Gasteiger charge is -2.31. The number of carbonyl (C=O) groups is 2. The summed E-state index contributed by atoms with van der Waals surface area (Å²) in [6.07, 6.45) is -1.08. The van der Waals surface area contributed by atoms with Crippen LogP contribution in [0.1, 0.15) is 28.8 Å². The van der Waals surface area contributed by atoms with Crippen molar-refractivity contribution in [3.63, 3.8) is 0 Å². The largest absolute Gasteiger partial charge is 0.472 e. The second kappa shape index (κ2) is 9.23. The highest BCUT2D eigenvalue weighted by Gasteiger charge is 2.36. The molecule has 3 heterocycles. The molecule has 2 amide bonds. The monoisotopic (exact) mass is 451 g/mol. The number of carbonyl (C=O) groups excluding carboxylic acids is 2. The van der Waals surface area contributed by atoms with Crippen LogP contribution < -0.4 is 10.2 Å². The number of anilines is 2. The molecule has 2 fully saturated rings. The third-order valence-corrected chi connectivity index (χ3v) is 5.86. The summed E-state index contributed by atoms with van der Waals surface area (Å²) in [6, 6.07) is 5.54. The first-order valence-corrected chi connectivity index (χ1v) is 10.5. The molecule has 2 aliphatic heterocycles. The highest BCUT2D eigenvalue weighted by Crippen LogP contribution is 2.38. The fourth-order valence-electron chi connectivity index (χ4n) is 4.04. The molecule has 172 valence electrons. The average Bonchev–Trinajstić information content (AvgIpc) is 3.34. The van der Waals surface area contributed by atoms with Crippen molar-refractivity contribution in [2.45, 2.75) is 19.0 Å². The molecule has 0 spiro atoms. The Hall–Kier alpha value is -3.01. The Bertz CT molecular complexity index is 948. The molecule has 2 saturated heterocycles. The van der Waals surface area contributed by atoms with E-state index in [-0.39, 0.29) is 11.6 Å². The minimum Gasteiger partial charge on any atom is -0.472 e. The van der Waals surface area contributed by atoms with Crippen LogP contribution in [0.3, 0.4) is 0 Å². The maximum Gasteiger partial charge on any atom is 0.418 e. The second-order valence-electron chi connectivity index (χ2n) is 7.89. The Morgan fingerprint density at radius 3 is 2.38 bits per heavy atom. The third kappa shape index (κ3) is 4.90. The van der Waals surface area contributed by atoms with Crippen LogP contribution >= 0.6 is 0 Å². The first-order valence-electron chi connectivity index (χ1n) is 10.5. The predicted octanol–water partition coefficient (Wildman–Crippen LogP) is 3.63. The zero-order chi connectivity index (χ0) is 22.7. The lowest BCUT2D eigenvalue weighted by Crippen LogP contribution is -2.41. The van der Waals surface area contributed by atoms with Crippen LogP contribution in [0.4, 0.5) is 24.5 Å². The third-order valence-electron chi connectivity index (χ3n) is 5.86. The Kier molecular flexibility index (Phi) is 6.40. The van der Waals surface area contributed by atoms with Crippen molar-refractivity contribution in [3.8, 4) is 0 Å². The number of amides is 2. The number of halogens is 3. The molecule has 7 nitrogen and oxygen atoms in total. The number of benzene rings is 1. The molecule has 1 aromatic heterocycles. The van der Waals surface area contributed by atoms with Gasteiger partial charge in [0.2, 0.25) is 5.91 Å². The number of likely N-dealkylation sites (tertiary alicyclic amines) is 1. The van der Waals surface area contributed by atoms with Gasteiger partial charge in [-0.2, -0.15) is 13.2 Å². The minimum atomic E-state index is -4.61. The minimum absolute atomic E-state index is 0.185. The van der Waals surface area contributed by atoms with Crippen molar-refractivity contribution < 1.29 is 31.9 Å². The van der Waals surface area contributed by atoms with E-state index in [0.29, 0.717) is 63.5 Å². The predicted molar refractivity (Wildman–Crippen MR) is 110 cm³/mol. The molecule has 4 rings (SSSR count). The summed E-state index contributed by atoms with van der Waals surface area (Å²) in [5.41, 5.74) is -0.244. The van der Waals surface area contributed by atoms with Crippen LogP contribution in [-0.4, -0.2) is 56.1 Å². The molecule has 0 aliphatic carbocycles. The quantitative estimate of drug-likeness (QED) is 0.769. The fraction of sp³-hybridized carbons (Fsp3) is 0.455. The number of hydrogen-bond acceptors (Lipinski definition) is 5. The van der Waals surface area contributed by atoms with Gasteiger partial charge in [0.1, 0.15) is 6.26 Å². The number of nitrogens with one attached hydrogen (secondary N) is 1. The fourth-order valence-corrected chi connectivity index (χ4v) is 4.04. The Balaban J connectivity index is 1.42. The lowest BCUT2D eigenvalue weighted by molar-refractivity contribution is -0.137. The maximum atomic E-state index is 13.7. The van der Waals surface area contributed by atoms with E-state index >= 15 is 0 Å². The zero-order valence-electron chi connectivity index (χ0n) is 17.4. The summed E-state index contributed by atoms with van der Waals surface area (Å²) < 4.78 is 51.3. The van der Waals surface area contributed by atoms with E-state index < -0.39 is 23.6 Å². The topological polar surface area (TPSA) is 75.0 Å². The van der Waals surface area contributed by atoms with Crippen molar-refractivity contribution in [1.29, 1.82) is 0 Å². The standard InChI is InChI=1S/C22H24F3N3O4/c23-22(24,25)18-13-17(27-8-11-31-12-9-27)1-2-19(18)26-20(29)15-3-6-28(7-4-15)21(30)16-5-10-32-14-16/h1-2,5,10,13-15H,3-4,6-9,11-12H2,(H,26,29). The number of rotatable bonds is 4. The summed E-state index contributed by atoms with van der Waals surface area (Å²) in [5.74, 6) is -1.12. The molecule has 0 bridgehead atoms. The number of furan rings is 1. The van der Waals surface area contributed by atoms with Crippen LogP contribution in [0.2, 0.25) is 0 Å². The van der Waals surface area contributed by atoms with Crippen molar-refractivity contribution in [3.05, 3.63) is 47.9 Å². The smallest absolute Gasteiger partial charge is 0.418 e. The number of alkyl halides is 3. The van der Waals surface area contributed by atoms with Gasteiger partial charge in [0.05, 0.1) is 36.3 Å². The normalized spacial score (nSPS) is 18.0. The maximum absolute atomic E-state index is 13.7. The van der Waals surface area contributed by atoms with Crippen LogP contribution in [-0.2, 0) is 15.7 Å². The van der Waals surface area contributed by atoms with Gasteiger partial charge in [-0.25, -0.2) is 0 Å². The molecule has 0 unspecified atom stereocenters. The van der Waals surface area contributed by atoms with E-state index in [2.05, 4.69) is 5.32 Å². The van der Waals surface area contributed by atoms with Gasteiger partial charge >= 0.3 is 6.18 Å². The van der Waals surface area contributed by atoms with Crippen molar-refractivity contribution in [2.75, 3.05) is 49.6 Å². The number of piperidine rings is 1. The summed E-state index contributed by atoms with van der Waals surface area (Å²) in [4.78, 5) is 28.5. The van der Waals surface area contributed by atoms with Gasteiger partial charge in [-0.15, -0.1) is 0 Å². The lowest BCUT2D eigenvalue weighted by atomic mass is 9.95. The van der Waals surface area contributed by atoms with Crippen molar-refractivity contribution in [1.82, 2.24) is 4.90 Å². The van der Waals surface area contributed by atoms with Crippen LogP contribution in [0.5, 0.6) is 0 Å². The van der Waals surface area contributed by atoms with E-state index in [1.54, 1.807) is 17.0 Å². The molecule has 2 aromatic rings. The van der Waals surface area contributed by atoms with Gasteiger partial charge in [-0.1, -0.05) is 0 Å². The molecule has 10 heteroatoms.